The topological polar surface area (TPSA) is 87.7 Å². The molecule has 0 heterocycles. The van der Waals surface area contributed by atoms with Crippen molar-refractivity contribution in [2.75, 3.05) is 26.8 Å². The quantitative estimate of drug-likeness (QED) is 0.654. The van der Waals surface area contributed by atoms with Crippen LogP contribution in [0, 0.1) is 0 Å². The highest BCUT2D eigenvalue weighted by atomic mass is 35.5. The van der Waals surface area contributed by atoms with E-state index in [1.807, 2.05) is 0 Å². The van der Waals surface area contributed by atoms with Crippen LogP contribution in [0.1, 0.15) is 16.8 Å². The van der Waals surface area contributed by atoms with Crippen molar-refractivity contribution < 1.29 is 19.4 Å². The largest absolute Gasteiger partial charge is 0.507 e. The molecule has 0 saturated heterocycles. The van der Waals surface area contributed by atoms with Crippen LogP contribution < -0.4 is 10.6 Å². The van der Waals surface area contributed by atoms with Gasteiger partial charge in [-0.15, -0.1) is 0 Å². The Morgan fingerprint density at radius 1 is 1.30 bits per heavy atom. The maximum absolute atomic E-state index is 11.8. The minimum absolute atomic E-state index is 0.0808. The first-order chi connectivity index (χ1) is 9.54. The molecule has 110 valence electrons. The number of benzene rings is 1. The molecule has 20 heavy (non-hydrogen) atoms. The Bertz CT molecular complexity index is 479. The number of halogens is 1. The number of phenolic OH excluding ortho intramolecular Hbond substituents is 1. The molecule has 0 aliphatic heterocycles. The summed E-state index contributed by atoms with van der Waals surface area (Å²) in [5.74, 6) is -0.816. The lowest BCUT2D eigenvalue weighted by Crippen LogP contribution is -2.32. The average Bonchev–Trinajstić information content (AvgIpc) is 2.41. The van der Waals surface area contributed by atoms with Crippen LogP contribution >= 0.6 is 11.6 Å². The Labute approximate surface area is 122 Å². The summed E-state index contributed by atoms with van der Waals surface area (Å²) >= 11 is 5.75. The van der Waals surface area contributed by atoms with Gasteiger partial charge in [0.2, 0.25) is 5.91 Å². The summed E-state index contributed by atoms with van der Waals surface area (Å²) in [4.78, 5) is 23.1. The number of methoxy groups -OCH3 is 1. The number of aromatic hydroxyl groups is 1. The van der Waals surface area contributed by atoms with E-state index < -0.39 is 5.91 Å². The fourth-order valence-corrected chi connectivity index (χ4v) is 1.63. The highest BCUT2D eigenvalue weighted by Gasteiger charge is 2.11. The molecule has 0 aliphatic carbocycles. The molecule has 0 saturated carbocycles. The number of carbonyl (C=O) groups is 2. The third kappa shape index (κ3) is 5.46. The minimum Gasteiger partial charge on any atom is -0.507 e. The molecule has 1 aromatic carbocycles. The standard InChI is InChI=1S/C13H17ClN2O4/c1-20-7-6-15-12(18)4-5-16-13(19)10-8-9(14)2-3-11(10)17/h2-3,8,17H,4-7H2,1H3,(H,15,18)(H,16,19). The Kier molecular flexibility index (Phi) is 6.83. The number of hydrogen-bond acceptors (Lipinski definition) is 4. The molecule has 1 aromatic rings. The summed E-state index contributed by atoms with van der Waals surface area (Å²) in [7, 11) is 1.55. The van der Waals surface area contributed by atoms with Gasteiger partial charge in [-0.2, -0.15) is 0 Å². The number of ether oxygens (including phenoxy) is 1. The van der Waals surface area contributed by atoms with E-state index in [1.54, 1.807) is 7.11 Å². The van der Waals surface area contributed by atoms with Gasteiger partial charge in [0.25, 0.3) is 5.91 Å². The lowest BCUT2D eigenvalue weighted by molar-refractivity contribution is -0.121. The molecular formula is C13H17ClN2O4. The highest BCUT2D eigenvalue weighted by molar-refractivity contribution is 6.31. The molecule has 2 amide bonds. The van der Waals surface area contributed by atoms with Crippen molar-refractivity contribution in [3.63, 3.8) is 0 Å². The number of nitrogens with one attached hydrogen (secondary N) is 2. The summed E-state index contributed by atoms with van der Waals surface area (Å²) in [6.45, 7) is 1.04. The van der Waals surface area contributed by atoms with E-state index in [0.717, 1.165) is 0 Å². The molecule has 1 rings (SSSR count). The normalized spacial score (nSPS) is 10.1. The SMILES string of the molecule is COCCNC(=O)CCNC(=O)c1cc(Cl)ccc1O. The zero-order valence-corrected chi connectivity index (χ0v) is 11.9. The molecule has 6 nitrogen and oxygen atoms in total. The van der Waals surface area contributed by atoms with Crippen LogP contribution in [0.3, 0.4) is 0 Å². The highest BCUT2D eigenvalue weighted by Crippen LogP contribution is 2.21. The number of rotatable bonds is 7. The van der Waals surface area contributed by atoms with Gasteiger partial charge in [-0.05, 0) is 18.2 Å². The Balaban J connectivity index is 2.36. The van der Waals surface area contributed by atoms with Crippen LogP contribution in [0.5, 0.6) is 5.75 Å². The van der Waals surface area contributed by atoms with Gasteiger partial charge in [0.15, 0.2) is 0 Å². The van der Waals surface area contributed by atoms with Gasteiger partial charge in [0.1, 0.15) is 5.75 Å². The number of hydrogen-bond donors (Lipinski definition) is 3. The second-order valence-corrected chi connectivity index (χ2v) is 4.45. The maximum atomic E-state index is 11.8. The zero-order valence-electron chi connectivity index (χ0n) is 11.1. The van der Waals surface area contributed by atoms with Gasteiger partial charge in [-0.25, -0.2) is 0 Å². The molecule has 0 aliphatic rings. The van der Waals surface area contributed by atoms with Crippen LogP contribution in [0.4, 0.5) is 0 Å². The first-order valence-electron chi connectivity index (χ1n) is 6.07. The number of phenols is 1. The Morgan fingerprint density at radius 2 is 2.05 bits per heavy atom. The molecule has 0 aromatic heterocycles. The van der Waals surface area contributed by atoms with Crippen molar-refractivity contribution in [1.82, 2.24) is 10.6 Å². The Morgan fingerprint density at radius 3 is 2.75 bits per heavy atom. The van der Waals surface area contributed by atoms with Crippen molar-refractivity contribution in [2.24, 2.45) is 0 Å². The van der Waals surface area contributed by atoms with Gasteiger partial charge in [0.05, 0.1) is 12.2 Å². The van der Waals surface area contributed by atoms with Crippen molar-refractivity contribution in [3.8, 4) is 5.75 Å². The van der Waals surface area contributed by atoms with E-state index in [9.17, 15) is 14.7 Å². The second-order valence-electron chi connectivity index (χ2n) is 4.01. The molecule has 0 radical (unpaired) electrons. The lowest BCUT2D eigenvalue weighted by atomic mass is 10.2. The van der Waals surface area contributed by atoms with Crippen molar-refractivity contribution in [3.05, 3.63) is 28.8 Å². The van der Waals surface area contributed by atoms with Crippen LogP contribution in [0.2, 0.25) is 5.02 Å². The Hall–Kier alpha value is -1.79. The van der Waals surface area contributed by atoms with Gasteiger partial charge >= 0.3 is 0 Å². The smallest absolute Gasteiger partial charge is 0.255 e. The van der Waals surface area contributed by atoms with Gasteiger partial charge in [0, 0.05) is 31.6 Å². The molecule has 0 bridgehead atoms. The van der Waals surface area contributed by atoms with Gasteiger partial charge in [-0.3, -0.25) is 9.59 Å². The molecule has 0 fully saturated rings. The third-order valence-corrected chi connectivity index (χ3v) is 2.70. The van der Waals surface area contributed by atoms with Crippen LogP contribution in [-0.2, 0) is 9.53 Å². The summed E-state index contributed by atoms with van der Waals surface area (Å²) < 4.78 is 4.79. The van der Waals surface area contributed by atoms with E-state index >= 15 is 0 Å². The summed E-state index contributed by atoms with van der Waals surface area (Å²) in [6, 6.07) is 4.19. The molecule has 0 unspecified atom stereocenters. The molecule has 0 spiro atoms. The number of amides is 2. The van der Waals surface area contributed by atoms with Gasteiger partial charge < -0.3 is 20.5 Å². The molecule has 7 heteroatoms. The molecule has 0 atom stereocenters. The van der Waals surface area contributed by atoms with Crippen LogP contribution in [0.15, 0.2) is 18.2 Å². The molecule has 3 N–H and O–H groups in total. The van der Waals surface area contributed by atoms with Crippen LogP contribution in [0.25, 0.3) is 0 Å². The van der Waals surface area contributed by atoms with E-state index in [4.69, 9.17) is 16.3 Å². The monoisotopic (exact) mass is 300 g/mol. The minimum atomic E-state index is -0.477. The van der Waals surface area contributed by atoms with Crippen molar-refractivity contribution in [1.29, 1.82) is 0 Å². The van der Waals surface area contributed by atoms with E-state index in [2.05, 4.69) is 10.6 Å². The van der Waals surface area contributed by atoms with Crippen LogP contribution in [-0.4, -0.2) is 43.7 Å². The predicted molar refractivity (Wildman–Crippen MR) is 75.0 cm³/mol. The van der Waals surface area contributed by atoms with Gasteiger partial charge in [-0.1, -0.05) is 11.6 Å². The van der Waals surface area contributed by atoms with E-state index in [-0.39, 0.29) is 30.2 Å². The average molecular weight is 301 g/mol. The van der Waals surface area contributed by atoms with E-state index in [1.165, 1.54) is 18.2 Å². The maximum Gasteiger partial charge on any atom is 0.255 e. The number of carbonyl (C=O) groups excluding carboxylic acids is 2. The van der Waals surface area contributed by atoms with E-state index in [0.29, 0.717) is 18.2 Å². The predicted octanol–water partition coefficient (Wildman–Crippen LogP) is 0.928. The first kappa shape index (κ1) is 16.3. The fraction of sp³-hybridized carbons (Fsp3) is 0.385. The molecular weight excluding hydrogens is 284 g/mol. The lowest BCUT2D eigenvalue weighted by Gasteiger charge is -2.08. The second kappa shape index (κ2) is 8.39. The summed E-state index contributed by atoms with van der Waals surface area (Å²) in [5.41, 5.74) is 0.0808. The fourth-order valence-electron chi connectivity index (χ4n) is 1.46. The zero-order chi connectivity index (χ0) is 15.0. The summed E-state index contributed by atoms with van der Waals surface area (Å²) in [6.07, 6.45) is 0.150. The third-order valence-electron chi connectivity index (χ3n) is 2.47. The van der Waals surface area contributed by atoms with Crippen molar-refractivity contribution >= 4 is 23.4 Å². The first-order valence-corrected chi connectivity index (χ1v) is 6.44. The summed E-state index contributed by atoms with van der Waals surface area (Å²) in [5, 5.41) is 15.1. The van der Waals surface area contributed by atoms with Crippen molar-refractivity contribution in [2.45, 2.75) is 6.42 Å².